The molecule has 0 aliphatic carbocycles. The number of aromatic nitrogens is 2. The van der Waals surface area contributed by atoms with Crippen molar-refractivity contribution in [1.82, 2.24) is 20.4 Å². The van der Waals surface area contributed by atoms with Gasteiger partial charge in [0.25, 0.3) is 0 Å². The highest BCUT2D eigenvalue weighted by atomic mass is 16.4. The summed E-state index contributed by atoms with van der Waals surface area (Å²) in [6, 6.07) is -0.162. The first-order valence-corrected chi connectivity index (χ1v) is 7.32. The zero-order valence-corrected chi connectivity index (χ0v) is 12.3. The summed E-state index contributed by atoms with van der Waals surface area (Å²) in [6.07, 6.45) is 4.90. The molecule has 7 heteroatoms. The lowest BCUT2D eigenvalue weighted by Crippen LogP contribution is -2.47. The molecule has 1 aromatic rings. The second kappa shape index (κ2) is 7.10. The molecule has 0 radical (unpaired) electrons. The SMILES string of the molecule is Cc1[nH]ncc1CCCNC(=O)N1CCC[C@@H](C(=O)O)C1. The molecule has 1 atom stereocenters. The molecular formula is C14H22N4O3. The highest BCUT2D eigenvalue weighted by Gasteiger charge is 2.27. The number of hydrogen-bond acceptors (Lipinski definition) is 3. The number of piperidine rings is 1. The van der Waals surface area contributed by atoms with Crippen LogP contribution < -0.4 is 5.32 Å². The quantitative estimate of drug-likeness (QED) is 0.710. The van der Waals surface area contributed by atoms with E-state index in [0.717, 1.165) is 30.5 Å². The Morgan fingerprint density at radius 3 is 3.05 bits per heavy atom. The van der Waals surface area contributed by atoms with E-state index in [1.807, 2.05) is 6.92 Å². The number of aryl methyl sites for hydroxylation is 2. The summed E-state index contributed by atoms with van der Waals surface area (Å²) in [4.78, 5) is 24.6. The maximum atomic E-state index is 12.0. The third-order valence-electron chi connectivity index (χ3n) is 3.89. The van der Waals surface area contributed by atoms with Crippen LogP contribution in [0.2, 0.25) is 0 Å². The maximum absolute atomic E-state index is 12.0. The van der Waals surface area contributed by atoms with Gasteiger partial charge in [-0.2, -0.15) is 5.10 Å². The number of hydrogen-bond donors (Lipinski definition) is 3. The van der Waals surface area contributed by atoms with Gasteiger partial charge in [-0.15, -0.1) is 0 Å². The van der Waals surface area contributed by atoms with Crippen molar-refractivity contribution in [2.24, 2.45) is 5.92 Å². The van der Waals surface area contributed by atoms with Crippen LogP contribution in [0.3, 0.4) is 0 Å². The number of carbonyl (C=O) groups excluding carboxylic acids is 1. The third kappa shape index (κ3) is 4.21. The normalized spacial score (nSPS) is 18.5. The van der Waals surface area contributed by atoms with Gasteiger partial charge in [0.05, 0.1) is 12.1 Å². The topological polar surface area (TPSA) is 98.3 Å². The van der Waals surface area contributed by atoms with Crippen LogP contribution in [0, 0.1) is 12.8 Å². The molecule has 2 amide bonds. The monoisotopic (exact) mass is 294 g/mol. The molecule has 0 unspecified atom stereocenters. The number of nitrogens with zero attached hydrogens (tertiary/aromatic N) is 2. The lowest BCUT2D eigenvalue weighted by Gasteiger charge is -2.30. The van der Waals surface area contributed by atoms with E-state index in [2.05, 4.69) is 15.5 Å². The summed E-state index contributed by atoms with van der Waals surface area (Å²) in [5.41, 5.74) is 2.22. The molecule has 7 nitrogen and oxygen atoms in total. The van der Waals surface area contributed by atoms with Crippen LogP contribution in [-0.4, -0.2) is 51.8 Å². The van der Waals surface area contributed by atoms with Crippen LogP contribution in [0.15, 0.2) is 6.20 Å². The highest BCUT2D eigenvalue weighted by Crippen LogP contribution is 2.16. The molecule has 0 spiro atoms. The van der Waals surface area contributed by atoms with E-state index in [4.69, 9.17) is 5.11 Å². The van der Waals surface area contributed by atoms with Crippen molar-refractivity contribution in [3.05, 3.63) is 17.5 Å². The first-order chi connectivity index (χ1) is 10.1. The van der Waals surface area contributed by atoms with Gasteiger partial charge in [-0.3, -0.25) is 9.89 Å². The lowest BCUT2D eigenvalue weighted by atomic mass is 9.99. The number of amides is 2. The molecular weight excluding hydrogens is 272 g/mol. The Balaban J connectivity index is 1.69. The van der Waals surface area contributed by atoms with Gasteiger partial charge >= 0.3 is 12.0 Å². The molecule has 0 saturated carbocycles. The van der Waals surface area contributed by atoms with Gasteiger partial charge in [0.2, 0.25) is 0 Å². The van der Waals surface area contributed by atoms with Crippen LogP contribution in [0.1, 0.15) is 30.5 Å². The van der Waals surface area contributed by atoms with Crippen LogP contribution in [0.5, 0.6) is 0 Å². The Labute approximate surface area is 123 Å². The number of aliphatic carboxylic acids is 1. The Bertz CT molecular complexity index is 500. The van der Waals surface area contributed by atoms with Crippen molar-refractivity contribution < 1.29 is 14.7 Å². The smallest absolute Gasteiger partial charge is 0.317 e. The van der Waals surface area contributed by atoms with Gasteiger partial charge in [-0.25, -0.2) is 4.79 Å². The summed E-state index contributed by atoms with van der Waals surface area (Å²) in [5.74, 6) is -1.25. The number of aromatic amines is 1. The largest absolute Gasteiger partial charge is 0.481 e. The minimum Gasteiger partial charge on any atom is -0.481 e. The number of carbonyl (C=O) groups is 2. The molecule has 116 valence electrons. The molecule has 0 aromatic carbocycles. The maximum Gasteiger partial charge on any atom is 0.317 e. The van der Waals surface area contributed by atoms with Gasteiger partial charge in [0.1, 0.15) is 0 Å². The van der Waals surface area contributed by atoms with E-state index in [0.29, 0.717) is 26.1 Å². The van der Waals surface area contributed by atoms with E-state index in [9.17, 15) is 9.59 Å². The number of carboxylic acid groups (broad SMARTS) is 1. The second-order valence-electron chi connectivity index (χ2n) is 5.48. The Morgan fingerprint density at radius 1 is 1.57 bits per heavy atom. The highest BCUT2D eigenvalue weighted by molar-refractivity contribution is 5.76. The van der Waals surface area contributed by atoms with Gasteiger partial charge in [0, 0.05) is 25.3 Å². The van der Waals surface area contributed by atoms with Gasteiger partial charge < -0.3 is 15.3 Å². The molecule has 2 rings (SSSR count). The molecule has 1 aliphatic heterocycles. The van der Waals surface area contributed by atoms with E-state index in [1.165, 1.54) is 0 Å². The minimum absolute atomic E-state index is 0.162. The molecule has 1 aromatic heterocycles. The molecule has 21 heavy (non-hydrogen) atoms. The lowest BCUT2D eigenvalue weighted by molar-refractivity contribution is -0.143. The number of nitrogens with one attached hydrogen (secondary N) is 2. The van der Waals surface area contributed by atoms with E-state index in [1.54, 1.807) is 11.1 Å². The second-order valence-corrected chi connectivity index (χ2v) is 5.48. The Kier molecular flexibility index (Phi) is 5.19. The predicted octanol–water partition coefficient (Wildman–Crippen LogP) is 1.16. The Hall–Kier alpha value is -2.05. The number of rotatable bonds is 5. The average Bonchev–Trinajstić information content (AvgIpc) is 2.89. The number of urea groups is 1. The van der Waals surface area contributed by atoms with Crippen molar-refractivity contribution >= 4 is 12.0 Å². The van der Waals surface area contributed by atoms with Crippen molar-refractivity contribution in [2.45, 2.75) is 32.6 Å². The molecule has 2 heterocycles. The van der Waals surface area contributed by atoms with Crippen LogP contribution in [0.4, 0.5) is 4.79 Å². The fourth-order valence-electron chi connectivity index (χ4n) is 2.58. The predicted molar refractivity (Wildman–Crippen MR) is 77.0 cm³/mol. The third-order valence-corrected chi connectivity index (χ3v) is 3.89. The first kappa shape index (κ1) is 15.3. The van der Waals surface area contributed by atoms with Crippen LogP contribution in [-0.2, 0) is 11.2 Å². The summed E-state index contributed by atoms with van der Waals surface area (Å²) in [7, 11) is 0. The molecule has 1 aliphatic rings. The average molecular weight is 294 g/mol. The molecule has 1 saturated heterocycles. The number of likely N-dealkylation sites (tertiary alicyclic amines) is 1. The Morgan fingerprint density at radius 2 is 2.38 bits per heavy atom. The van der Waals surface area contributed by atoms with Crippen molar-refractivity contribution in [3.8, 4) is 0 Å². The number of carboxylic acids is 1. The fourth-order valence-corrected chi connectivity index (χ4v) is 2.58. The fraction of sp³-hybridized carbons (Fsp3) is 0.643. The zero-order valence-electron chi connectivity index (χ0n) is 12.3. The first-order valence-electron chi connectivity index (χ1n) is 7.32. The standard InChI is InChI=1S/C14H22N4O3/c1-10-11(8-16-17-10)4-2-6-15-14(21)18-7-3-5-12(9-18)13(19)20/h8,12H,2-7,9H2,1H3,(H,15,21)(H,16,17)(H,19,20)/t12-/m1/s1. The van der Waals surface area contributed by atoms with Crippen molar-refractivity contribution in [2.75, 3.05) is 19.6 Å². The summed E-state index contributed by atoms with van der Waals surface area (Å²) >= 11 is 0. The van der Waals surface area contributed by atoms with Gasteiger partial charge in [-0.1, -0.05) is 0 Å². The van der Waals surface area contributed by atoms with E-state index >= 15 is 0 Å². The van der Waals surface area contributed by atoms with Crippen molar-refractivity contribution in [3.63, 3.8) is 0 Å². The zero-order chi connectivity index (χ0) is 15.2. The molecule has 0 bridgehead atoms. The minimum atomic E-state index is -0.817. The van der Waals surface area contributed by atoms with E-state index in [-0.39, 0.29) is 6.03 Å². The van der Waals surface area contributed by atoms with Crippen LogP contribution >= 0.6 is 0 Å². The van der Waals surface area contributed by atoms with Gasteiger partial charge in [0.15, 0.2) is 0 Å². The van der Waals surface area contributed by atoms with Crippen molar-refractivity contribution in [1.29, 1.82) is 0 Å². The summed E-state index contributed by atoms with van der Waals surface area (Å²) in [5, 5.41) is 18.7. The molecule has 3 N–H and O–H groups in total. The van der Waals surface area contributed by atoms with Gasteiger partial charge in [-0.05, 0) is 38.2 Å². The molecule has 1 fully saturated rings. The summed E-state index contributed by atoms with van der Waals surface area (Å²) < 4.78 is 0. The van der Waals surface area contributed by atoms with Crippen LogP contribution in [0.25, 0.3) is 0 Å². The summed E-state index contributed by atoms with van der Waals surface area (Å²) in [6.45, 7) is 3.50. The number of H-pyrrole nitrogens is 1. The van der Waals surface area contributed by atoms with E-state index < -0.39 is 11.9 Å².